The van der Waals surface area contributed by atoms with Crippen LogP contribution in [0.3, 0.4) is 0 Å². The minimum atomic E-state index is -4.39. The molecule has 0 saturated carbocycles. The molecule has 1 rings (SSSR count). The lowest BCUT2D eigenvalue weighted by Gasteiger charge is -2.08. The molecule has 0 unspecified atom stereocenters. The Morgan fingerprint density at radius 3 is 1.75 bits per heavy atom. The van der Waals surface area contributed by atoms with Crippen LogP contribution in [-0.4, -0.2) is 65.8 Å². The van der Waals surface area contributed by atoms with E-state index in [1.54, 1.807) is 0 Å². The topological polar surface area (TPSA) is 101 Å². The van der Waals surface area contributed by atoms with E-state index in [0.29, 0.717) is 39.6 Å². The first-order valence-electron chi connectivity index (χ1n) is 7.52. The molecule has 0 aliphatic rings. The van der Waals surface area contributed by atoms with Crippen molar-refractivity contribution in [3.63, 3.8) is 0 Å². The van der Waals surface area contributed by atoms with Crippen molar-refractivity contribution >= 4 is 10.4 Å². The Morgan fingerprint density at radius 1 is 0.792 bits per heavy atom. The summed E-state index contributed by atoms with van der Waals surface area (Å²) >= 11 is 0. The Balaban J connectivity index is 1.81. The molecule has 0 radical (unpaired) electrons. The zero-order valence-corrected chi connectivity index (χ0v) is 14.5. The SMILES string of the molecule is Cc1ccc(OCCOCCOCCOCCOS(=O)(=O)O)cc1. The highest BCUT2D eigenvalue weighted by Crippen LogP contribution is 2.10. The van der Waals surface area contributed by atoms with Crippen molar-refractivity contribution in [1.82, 2.24) is 0 Å². The summed E-state index contributed by atoms with van der Waals surface area (Å²) in [7, 11) is -4.39. The third-order valence-electron chi connectivity index (χ3n) is 2.72. The second kappa shape index (κ2) is 12.2. The minimum Gasteiger partial charge on any atom is -0.491 e. The van der Waals surface area contributed by atoms with E-state index in [2.05, 4.69) is 4.18 Å². The molecule has 0 heterocycles. The second-order valence-corrected chi connectivity index (χ2v) is 5.84. The van der Waals surface area contributed by atoms with Crippen LogP contribution in [0.25, 0.3) is 0 Å². The molecule has 24 heavy (non-hydrogen) atoms. The molecule has 0 amide bonds. The molecule has 0 aromatic heterocycles. The highest BCUT2D eigenvalue weighted by Gasteiger charge is 2.02. The zero-order valence-electron chi connectivity index (χ0n) is 13.7. The molecule has 0 saturated heterocycles. The fourth-order valence-corrected chi connectivity index (χ4v) is 1.87. The standard InChI is InChI=1S/C15H24O8S/c1-14-2-4-15(5-3-14)22-12-10-20-8-6-19-7-9-21-11-13-23-24(16,17)18/h2-5H,6-13H2,1H3,(H,16,17,18). The van der Waals surface area contributed by atoms with Gasteiger partial charge in [0.1, 0.15) is 12.4 Å². The van der Waals surface area contributed by atoms with Gasteiger partial charge < -0.3 is 18.9 Å². The second-order valence-electron chi connectivity index (χ2n) is 4.75. The zero-order chi connectivity index (χ0) is 17.7. The quantitative estimate of drug-likeness (QED) is 0.389. The van der Waals surface area contributed by atoms with Crippen LogP contribution in [0.15, 0.2) is 24.3 Å². The first kappa shape index (κ1) is 20.8. The summed E-state index contributed by atoms with van der Waals surface area (Å²) in [4.78, 5) is 0. The van der Waals surface area contributed by atoms with E-state index in [9.17, 15) is 8.42 Å². The summed E-state index contributed by atoms with van der Waals surface area (Å²) in [6.45, 7) is 4.31. The highest BCUT2D eigenvalue weighted by atomic mass is 32.3. The molecule has 1 aromatic carbocycles. The van der Waals surface area contributed by atoms with Crippen LogP contribution < -0.4 is 4.74 Å². The van der Waals surface area contributed by atoms with E-state index in [1.807, 2.05) is 31.2 Å². The van der Waals surface area contributed by atoms with Gasteiger partial charge in [-0.3, -0.25) is 4.55 Å². The van der Waals surface area contributed by atoms with E-state index < -0.39 is 10.4 Å². The van der Waals surface area contributed by atoms with Crippen molar-refractivity contribution in [3.8, 4) is 5.75 Å². The molecule has 138 valence electrons. The molecule has 0 atom stereocenters. The number of rotatable bonds is 14. The third-order valence-corrected chi connectivity index (χ3v) is 3.19. The summed E-state index contributed by atoms with van der Waals surface area (Å²) in [6, 6.07) is 7.81. The first-order chi connectivity index (χ1) is 11.5. The number of hydrogen-bond acceptors (Lipinski definition) is 7. The lowest BCUT2D eigenvalue weighted by Crippen LogP contribution is -2.14. The number of ether oxygens (including phenoxy) is 4. The van der Waals surface area contributed by atoms with Crippen LogP contribution in [-0.2, 0) is 28.8 Å². The van der Waals surface area contributed by atoms with Crippen LogP contribution in [0.2, 0.25) is 0 Å². The molecule has 1 aromatic rings. The van der Waals surface area contributed by atoms with Crippen molar-refractivity contribution in [2.24, 2.45) is 0 Å². The van der Waals surface area contributed by atoms with Crippen molar-refractivity contribution < 1.29 is 36.1 Å². The molecular weight excluding hydrogens is 340 g/mol. The maximum atomic E-state index is 10.2. The molecule has 9 heteroatoms. The Labute approximate surface area is 142 Å². The van der Waals surface area contributed by atoms with E-state index >= 15 is 0 Å². The number of benzene rings is 1. The van der Waals surface area contributed by atoms with Gasteiger partial charge in [-0.05, 0) is 19.1 Å². The predicted octanol–water partition coefficient (Wildman–Crippen LogP) is 1.24. The van der Waals surface area contributed by atoms with E-state index in [-0.39, 0.29) is 13.2 Å². The first-order valence-corrected chi connectivity index (χ1v) is 8.88. The molecular formula is C15H24O8S. The fourth-order valence-electron chi connectivity index (χ4n) is 1.59. The van der Waals surface area contributed by atoms with Crippen molar-refractivity contribution in [2.75, 3.05) is 52.9 Å². The molecule has 0 spiro atoms. The summed E-state index contributed by atoms with van der Waals surface area (Å²) in [5.74, 6) is 0.815. The summed E-state index contributed by atoms with van der Waals surface area (Å²) in [5.41, 5.74) is 1.19. The van der Waals surface area contributed by atoms with Crippen LogP contribution in [0.4, 0.5) is 0 Å². The maximum Gasteiger partial charge on any atom is 0.397 e. The average molecular weight is 364 g/mol. The van der Waals surface area contributed by atoms with E-state index in [0.717, 1.165) is 5.75 Å². The van der Waals surface area contributed by atoms with Gasteiger partial charge in [0.05, 0.1) is 46.2 Å². The molecule has 0 bridgehead atoms. The lowest BCUT2D eigenvalue weighted by atomic mass is 10.2. The van der Waals surface area contributed by atoms with Crippen LogP contribution >= 0.6 is 0 Å². The van der Waals surface area contributed by atoms with Gasteiger partial charge in [-0.25, -0.2) is 4.18 Å². The van der Waals surface area contributed by atoms with Crippen LogP contribution in [0.5, 0.6) is 5.75 Å². The third kappa shape index (κ3) is 12.2. The smallest absolute Gasteiger partial charge is 0.397 e. The fraction of sp³-hybridized carbons (Fsp3) is 0.600. The summed E-state index contributed by atoms with van der Waals surface area (Å²) < 4.78 is 54.0. The van der Waals surface area contributed by atoms with E-state index in [4.69, 9.17) is 23.5 Å². The molecule has 1 N–H and O–H groups in total. The normalized spacial score (nSPS) is 11.6. The Kier molecular flexibility index (Phi) is 10.6. The van der Waals surface area contributed by atoms with Crippen molar-refractivity contribution in [1.29, 1.82) is 0 Å². The predicted molar refractivity (Wildman–Crippen MR) is 86.6 cm³/mol. The van der Waals surface area contributed by atoms with Gasteiger partial charge in [0.2, 0.25) is 0 Å². The maximum absolute atomic E-state index is 10.2. The Morgan fingerprint density at radius 2 is 1.25 bits per heavy atom. The van der Waals surface area contributed by atoms with Crippen molar-refractivity contribution in [3.05, 3.63) is 29.8 Å². The average Bonchev–Trinajstić information content (AvgIpc) is 2.52. The molecule has 0 aliphatic carbocycles. The monoisotopic (exact) mass is 364 g/mol. The van der Waals surface area contributed by atoms with Gasteiger partial charge >= 0.3 is 10.4 Å². The molecule has 0 fully saturated rings. The summed E-state index contributed by atoms with van der Waals surface area (Å²) in [6.07, 6.45) is 0. The van der Waals surface area contributed by atoms with Gasteiger partial charge in [-0.2, -0.15) is 8.42 Å². The van der Waals surface area contributed by atoms with Crippen molar-refractivity contribution in [2.45, 2.75) is 6.92 Å². The van der Waals surface area contributed by atoms with Gasteiger partial charge in [0.15, 0.2) is 0 Å². The highest BCUT2D eigenvalue weighted by molar-refractivity contribution is 7.80. The van der Waals surface area contributed by atoms with Gasteiger partial charge in [-0.15, -0.1) is 0 Å². The van der Waals surface area contributed by atoms with Gasteiger partial charge in [0, 0.05) is 0 Å². The Hall–Kier alpha value is -1.23. The number of hydrogen-bond donors (Lipinski definition) is 1. The molecule has 8 nitrogen and oxygen atoms in total. The van der Waals surface area contributed by atoms with Crippen LogP contribution in [0.1, 0.15) is 5.56 Å². The molecule has 0 aliphatic heterocycles. The summed E-state index contributed by atoms with van der Waals surface area (Å²) in [5, 5.41) is 0. The van der Waals surface area contributed by atoms with E-state index in [1.165, 1.54) is 5.56 Å². The minimum absolute atomic E-state index is 0.0516. The number of aryl methyl sites for hydroxylation is 1. The Bertz CT molecular complexity index is 529. The van der Waals surface area contributed by atoms with Gasteiger partial charge in [0.25, 0.3) is 0 Å². The largest absolute Gasteiger partial charge is 0.491 e. The lowest BCUT2D eigenvalue weighted by molar-refractivity contribution is 0.00480. The van der Waals surface area contributed by atoms with Crippen LogP contribution in [0, 0.1) is 6.92 Å². The van der Waals surface area contributed by atoms with Gasteiger partial charge in [-0.1, -0.05) is 17.7 Å².